The number of rotatable bonds is 4. The van der Waals surface area contributed by atoms with Gasteiger partial charge in [0.15, 0.2) is 5.82 Å². The Morgan fingerprint density at radius 2 is 2.11 bits per heavy atom. The Morgan fingerprint density at radius 3 is 2.81 bits per heavy atom. The number of nitrogens with zero attached hydrogens (tertiary/aromatic N) is 4. The lowest BCUT2D eigenvalue weighted by Crippen LogP contribution is -2.11. The third kappa shape index (κ3) is 3.13. The predicted molar refractivity (Wildman–Crippen MR) is 100 cm³/mol. The largest absolute Gasteiger partial charge is 0.494 e. The van der Waals surface area contributed by atoms with Gasteiger partial charge in [0.05, 0.1) is 12.0 Å². The number of methoxy groups -OCH3 is 1. The molecule has 0 bridgehead atoms. The molecule has 0 fully saturated rings. The summed E-state index contributed by atoms with van der Waals surface area (Å²) in [5, 5.41) is 14.7. The monoisotopic (exact) mass is 383 g/mol. The predicted octanol–water partition coefficient (Wildman–Crippen LogP) is 3.59. The van der Waals surface area contributed by atoms with Gasteiger partial charge in [-0.3, -0.25) is 4.79 Å². The van der Waals surface area contributed by atoms with E-state index in [0.29, 0.717) is 33.2 Å². The molecule has 0 saturated heterocycles. The van der Waals surface area contributed by atoms with Crippen molar-refractivity contribution in [2.75, 3.05) is 12.4 Å². The van der Waals surface area contributed by atoms with E-state index in [1.165, 1.54) is 22.1 Å². The fourth-order valence-electron chi connectivity index (χ4n) is 2.72. The lowest BCUT2D eigenvalue weighted by Gasteiger charge is -2.11. The van der Waals surface area contributed by atoms with Crippen LogP contribution in [-0.4, -0.2) is 33.2 Å². The lowest BCUT2D eigenvalue weighted by atomic mass is 10.2. The van der Waals surface area contributed by atoms with Gasteiger partial charge in [-0.2, -0.15) is 4.68 Å². The number of benzene rings is 2. The second-order valence-electron chi connectivity index (χ2n) is 5.74. The highest BCUT2D eigenvalue weighted by Gasteiger charge is 2.15. The number of nitrogens with one attached hydrogen (secondary N) is 1. The minimum atomic E-state index is -0.344. The summed E-state index contributed by atoms with van der Waals surface area (Å²) in [5.41, 5.74) is 1.14. The average Bonchev–Trinajstić information content (AvgIpc) is 3.28. The zero-order valence-corrected chi connectivity index (χ0v) is 15.2. The highest BCUT2D eigenvalue weighted by atomic mass is 32.1. The molecular formula is C18H14FN5O2S. The molecule has 0 aliphatic carbocycles. The summed E-state index contributed by atoms with van der Waals surface area (Å²) in [6, 6.07) is 11.5. The average molecular weight is 383 g/mol. The second kappa shape index (κ2) is 6.76. The maximum absolute atomic E-state index is 13.9. The van der Waals surface area contributed by atoms with Crippen LogP contribution in [-0.2, 0) is 0 Å². The molecule has 136 valence electrons. The van der Waals surface area contributed by atoms with Crippen LogP contribution in [0.5, 0.6) is 5.75 Å². The molecule has 0 aliphatic rings. The molecule has 1 N–H and O–H groups in total. The summed E-state index contributed by atoms with van der Waals surface area (Å²) in [6.07, 6.45) is 0. The Hall–Kier alpha value is -3.33. The van der Waals surface area contributed by atoms with Gasteiger partial charge in [-0.05, 0) is 53.7 Å². The summed E-state index contributed by atoms with van der Waals surface area (Å²) in [4.78, 5) is 13.0. The van der Waals surface area contributed by atoms with Crippen LogP contribution < -0.4 is 10.1 Å². The summed E-state index contributed by atoms with van der Waals surface area (Å²) in [5.74, 6) is 0.480. The molecule has 2 heterocycles. The van der Waals surface area contributed by atoms with Crippen molar-refractivity contribution in [1.29, 1.82) is 0 Å². The van der Waals surface area contributed by atoms with Gasteiger partial charge < -0.3 is 10.1 Å². The molecule has 0 radical (unpaired) electrons. The van der Waals surface area contributed by atoms with Gasteiger partial charge in [-0.15, -0.1) is 16.4 Å². The summed E-state index contributed by atoms with van der Waals surface area (Å²) >= 11 is 1.24. The van der Waals surface area contributed by atoms with Crippen LogP contribution in [0.4, 0.5) is 10.1 Å². The van der Waals surface area contributed by atoms with E-state index in [1.54, 1.807) is 50.4 Å². The molecule has 4 rings (SSSR count). The summed E-state index contributed by atoms with van der Waals surface area (Å²) < 4.78 is 21.5. The van der Waals surface area contributed by atoms with E-state index in [1.807, 2.05) is 0 Å². The normalized spacial score (nSPS) is 10.9. The summed E-state index contributed by atoms with van der Waals surface area (Å²) in [6.45, 7) is 1.76. The van der Waals surface area contributed by atoms with Crippen molar-refractivity contribution >= 4 is 33.0 Å². The van der Waals surface area contributed by atoms with Gasteiger partial charge in [-0.1, -0.05) is 6.07 Å². The minimum Gasteiger partial charge on any atom is -0.494 e. The Kier molecular flexibility index (Phi) is 4.28. The molecule has 0 saturated carbocycles. The Morgan fingerprint density at radius 1 is 1.26 bits per heavy atom. The third-order valence-electron chi connectivity index (χ3n) is 4.02. The van der Waals surface area contributed by atoms with Crippen LogP contribution in [0.15, 0.2) is 42.5 Å². The van der Waals surface area contributed by atoms with Crippen molar-refractivity contribution < 1.29 is 13.9 Å². The highest BCUT2D eigenvalue weighted by Crippen LogP contribution is 2.30. The molecule has 7 nitrogen and oxygen atoms in total. The fraction of sp³-hybridized carbons (Fsp3) is 0.111. The van der Waals surface area contributed by atoms with Crippen molar-refractivity contribution in [1.82, 2.24) is 20.2 Å². The number of anilines is 1. The van der Waals surface area contributed by atoms with Gasteiger partial charge in [0.2, 0.25) is 0 Å². The number of aromatic nitrogens is 4. The molecule has 27 heavy (non-hydrogen) atoms. The van der Waals surface area contributed by atoms with Gasteiger partial charge in [0, 0.05) is 15.8 Å². The van der Waals surface area contributed by atoms with E-state index in [9.17, 15) is 9.18 Å². The lowest BCUT2D eigenvalue weighted by molar-refractivity contribution is 0.103. The number of fused-ring (bicyclic) bond motifs is 1. The van der Waals surface area contributed by atoms with E-state index in [4.69, 9.17) is 4.74 Å². The van der Waals surface area contributed by atoms with E-state index >= 15 is 0 Å². The highest BCUT2D eigenvalue weighted by molar-refractivity contribution is 7.20. The van der Waals surface area contributed by atoms with E-state index in [-0.39, 0.29) is 11.7 Å². The quantitative estimate of drug-likeness (QED) is 0.582. The molecule has 1 amide bonds. The first-order valence-electron chi connectivity index (χ1n) is 7.99. The van der Waals surface area contributed by atoms with Crippen molar-refractivity contribution in [3.05, 3.63) is 59.0 Å². The van der Waals surface area contributed by atoms with Crippen LogP contribution in [0.25, 0.3) is 15.8 Å². The van der Waals surface area contributed by atoms with Crippen molar-refractivity contribution in [3.63, 3.8) is 0 Å². The van der Waals surface area contributed by atoms with Crippen LogP contribution in [0.1, 0.15) is 15.5 Å². The van der Waals surface area contributed by atoms with Gasteiger partial charge >= 0.3 is 0 Å². The number of ether oxygens (including phenoxy) is 1. The number of amides is 1. The van der Waals surface area contributed by atoms with Gasteiger partial charge in [-0.25, -0.2) is 4.39 Å². The zero-order valence-electron chi connectivity index (χ0n) is 14.4. The number of thiophene rings is 1. The topological polar surface area (TPSA) is 81.9 Å². The third-order valence-corrected chi connectivity index (χ3v) is 5.12. The summed E-state index contributed by atoms with van der Waals surface area (Å²) in [7, 11) is 1.54. The number of carbonyl (C=O) groups is 1. The van der Waals surface area contributed by atoms with E-state index < -0.39 is 0 Å². The van der Waals surface area contributed by atoms with Crippen LogP contribution in [0.3, 0.4) is 0 Å². The number of hydrogen-bond acceptors (Lipinski definition) is 6. The van der Waals surface area contributed by atoms with Crippen LogP contribution in [0.2, 0.25) is 0 Å². The molecule has 4 aromatic rings. The Balaban J connectivity index is 1.66. The molecule has 9 heteroatoms. The number of tetrazole rings is 1. The molecule has 0 aliphatic heterocycles. The smallest absolute Gasteiger partial charge is 0.265 e. The molecule has 0 atom stereocenters. The van der Waals surface area contributed by atoms with Crippen LogP contribution in [0, 0.1) is 12.7 Å². The standard InChI is InChI=1S/C18H14FN5O2S/c1-10-21-22-23-24(10)14-8-11(6-7-15(14)26-2)20-18(25)17-9-12-13(19)4-3-5-16(12)27-17/h3-9H,1-2H3,(H,20,25). The van der Waals surface area contributed by atoms with Crippen molar-refractivity contribution in [2.24, 2.45) is 0 Å². The minimum absolute atomic E-state index is 0.319. The maximum Gasteiger partial charge on any atom is 0.265 e. The first-order valence-corrected chi connectivity index (χ1v) is 8.81. The van der Waals surface area contributed by atoms with E-state index in [0.717, 1.165) is 4.70 Å². The first-order chi connectivity index (χ1) is 13.1. The molecule has 0 spiro atoms. The first kappa shape index (κ1) is 17.1. The number of carbonyl (C=O) groups excluding carboxylic acids is 1. The maximum atomic E-state index is 13.9. The Labute approximate surface area is 157 Å². The van der Waals surface area contributed by atoms with Crippen LogP contribution >= 0.6 is 11.3 Å². The van der Waals surface area contributed by atoms with Gasteiger partial charge in [0.1, 0.15) is 17.3 Å². The second-order valence-corrected chi connectivity index (χ2v) is 6.82. The number of halogens is 1. The SMILES string of the molecule is COc1ccc(NC(=O)c2cc3c(F)cccc3s2)cc1-n1nnnc1C. The van der Waals surface area contributed by atoms with Gasteiger partial charge in [0.25, 0.3) is 5.91 Å². The molecule has 2 aromatic heterocycles. The fourth-order valence-corrected chi connectivity index (χ4v) is 3.69. The van der Waals surface area contributed by atoms with Crippen molar-refractivity contribution in [3.8, 4) is 11.4 Å². The van der Waals surface area contributed by atoms with Crippen molar-refractivity contribution in [2.45, 2.75) is 6.92 Å². The molecule has 2 aromatic carbocycles. The number of hydrogen-bond donors (Lipinski definition) is 1. The Bertz CT molecular complexity index is 1150. The molecule has 0 unspecified atom stereocenters. The molecular weight excluding hydrogens is 369 g/mol. The number of aryl methyl sites for hydroxylation is 1. The van der Waals surface area contributed by atoms with E-state index in [2.05, 4.69) is 20.8 Å². The zero-order chi connectivity index (χ0) is 19.0.